The van der Waals surface area contributed by atoms with Gasteiger partial charge < -0.3 is 16.8 Å². The van der Waals surface area contributed by atoms with Crippen molar-refractivity contribution in [1.82, 2.24) is 4.98 Å². The molecule has 104 valence electrons. The van der Waals surface area contributed by atoms with Gasteiger partial charge >= 0.3 is 0 Å². The van der Waals surface area contributed by atoms with Crippen LogP contribution in [0.15, 0.2) is 12.3 Å². The summed E-state index contributed by atoms with van der Waals surface area (Å²) in [6.07, 6.45) is 6.66. The minimum atomic E-state index is -0.501. The maximum atomic E-state index is 11.4. The molecular weight excluding hydrogens is 240 g/mol. The van der Waals surface area contributed by atoms with Gasteiger partial charge in [0.1, 0.15) is 5.82 Å². The van der Waals surface area contributed by atoms with Crippen LogP contribution < -0.4 is 16.8 Å². The first kappa shape index (κ1) is 13.6. The topological polar surface area (TPSA) is 94.0 Å². The third kappa shape index (κ3) is 3.36. The van der Waals surface area contributed by atoms with Gasteiger partial charge in [-0.05, 0) is 24.3 Å². The Morgan fingerprint density at radius 3 is 2.89 bits per heavy atom. The van der Waals surface area contributed by atoms with Crippen molar-refractivity contribution >= 4 is 17.4 Å². The highest BCUT2D eigenvalue weighted by Crippen LogP contribution is 2.29. The number of hydrogen-bond donors (Lipinski definition) is 3. The smallest absolute Gasteiger partial charge is 0.252 e. The molecule has 1 aromatic heterocycles. The van der Waals surface area contributed by atoms with E-state index in [1.54, 1.807) is 12.3 Å². The number of pyridine rings is 1. The number of nitrogen functional groups attached to an aromatic ring is 1. The van der Waals surface area contributed by atoms with Crippen LogP contribution in [0.25, 0.3) is 0 Å². The van der Waals surface area contributed by atoms with Gasteiger partial charge in [0.15, 0.2) is 0 Å². The zero-order valence-corrected chi connectivity index (χ0v) is 11.4. The van der Waals surface area contributed by atoms with Crippen molar-refractivity contribution in [3.05, 3.63) is 17.8 Å². The first-order valence-electron chi connectivity index (χ1n) is 6.87. The molecule has 2 rings (SSSR count). The number of anilines is 2. The maximum Gasteiger partial charge on any atom is 0.252 e. The SMILES string of the molecule is CC1CCCCC1CNc1ncc(N)cc1C(N)=O. The van der Waals surface area contributed by atoms with Crippen molar-refractivity contribution in [3.8, 4) is 0 Å². The van der Waals surface area contributed by atoms with E-state index >= 15 is 0 Å². The lowest BCUT2D eigenvalue weighted by Crippen LogP contribution is -2.26. The summed E-state index contributed by atoms with van der Waals surface area (Å²) in [6, 6.07) is 1.57. The fourth-order valence-electron chi connectivity index (χ4n) is 2.73. The first-order chi connectivity index (χ1) is 9.08. The minimum absolute atomic E-state index is 0.364. The average molecular weight is 262 g/mol. The number of aromatic nitrogens is 1. The Morgan fingerprint density at radius 1 is 1.47 bits per heavy atom. The molecule has 1 saturated carbocycles. The second kappa shape index (κ2) is 5.91. The fraction of sp³-hybridized carbons (Fsp3) is 0.571. The molecule has 1 aliphatic rings. The number of hydrogen-bond acceptors (Lipinski definition) is 4. The number of nitrogens with two attached hydrogens (primary N) is 2. The van der Waals surface area contributed by atoms with Crippen LogP contribution in [0, 0.1) is 11.8 Å². The molecule has 0 aromatic carbocycles. The van der Waals surface area contributed by atoms with Crippen molar-refractivity contribution in [3.63, 3.8) is 0 Å². The molecular formula is C14H22N4O. The van der Waals surface area contributed by atoms with Gasteiger partial charge in [-0.1, -0.05) is 26.2 Å². The number of nitrogens with one attached hydrogen (secondary N) is 1. The Balaban J connectivity index is 2.04. The van der Waals surface area contributed by atoms with E-state index in [1.807, 2.05) is 0 Å². The van der Waals surface area contributed by atoms with Gasteiger partial charge in [0.05, 0.1) is 17.4 Å². The van der Waals surface area contributed by atoms with Gasteiger partial charge in [-0.15, -0.1) is 0 Å². The molecule has 5 nitrogen and oxygen atoms in total. The molecule has 19 heavy (non-hydrogen) atoms. The Bertz CT molecular complexity index is 461. The van der Waals surface area contributed by atoms with Gasteiger partial charge in [0.25, 0.3) is 5.91 Å². The summed E-state index contributed by atoms with van der Waals surface area (Å²) in [5.41, 5.74) is 11.8. The molecule has 1 heterocycles. The number of rotatable bonds is 4. The van der Waals surface area contributed by atoms with E-state index in [2.05, 4.69) is 17.2 Å². The summed E-state index contributed by atoms with van der Waals surface area (Å²) >= 11 is 0. The Labute approximate surface area is 113 Å². The fourth-order valence-corrected chi connectivity index (χ4v) is 2.73. The summed E-state index contributed by atoms with van der Waals surface area (Å²) in [5.74, 6) is 1.39. The molecule has 5 heteroatoms. The van der Waals surface area contributed by atoms with Gasteiger partial charge in [0, 0.05) is 6.54 Å². The molecule has 1 amide bonds. The summed E-state index contributed by atoms with van der Waals surface area (Å²) < 4.78 is 0. The molecule has 2 unspecified atom stereocenters. The highest BCUT2D eigenvalue weighted by molar-refractivity contribution is 5.98. The second-order valence-corrected chi connectivity index (χ2v) is 5.43. The van der Waals surface area contributed by atoms with Gasteiger partial charge in [-0.2, -0.15) is 0 Å². The number of primary amides is 1. The maximum absolute atomic E-state index is 11.4. The van der Waals surface area contributed by atoms with Crippen molar-refractivity contribution < 1.29 is 4.79 Å². The molecule has 1 fully saturated rings. The normalized spacial score (nSPS) is 23.0. The van der Waals surface area contributed by atoms with Crippen LogP contribution in [0.1, 0.15) is 43.0 Å². The highest BCUT2D eigenvalue weighted by Gasteiger charge is 2.21. The monoisotopic (exact) mass is 262 g/mol. The Morgan fingerprint density at radius 2 is 2.21 bits per heavy atom. The quantitative estimate of drug-likeness (QED) is 0.773. The molecule has 1 aliphatic carbocycles. The van der Waals surface area contributed by atoms with E-state index in [9.17, 15) is 4.79 Å². The highest BCUT2D eigenvalue weighted by atomic mass is 16.1. The molecule has 0 radical (unpaired) electrons. The third-order valence-electron chi connectivity index (χ3n) is 4.00. The predicted molar refractivity (Wildman–Crippen MR) is 76.8 cm³/mol. The Hall–Kier alpha value is -1.78. The lowest BCUT2D eigenvalue weighted by Gasteiger charge is -2.29. The van der Waals surface area contributed by atoms with E-state index < -0.39 is 5.91 Å². The van der Waals surface area contributed by atoms with Crippen molar-refractivity contribution in [2.75, 3.05) is 17.6 Å². The Kier molecular flexibility index (Phi) is 4.24. The van der Waals surface area contributed by atoms with E-state index in [0.717, 1.165) is 6.54 Å². The minimum Gasteiger partial charge on any atom is -0.397 e. The van der Waals surface area contributed by atoms with Crippen molar-refractivity contribution in [1.29, 1.82) is 0 Å². The van der Waals surface area contributed by atoms with Crippen molar-refractivity contribution in [2.45, 2.75) is 32.6 Å². The van der Waals surface area contributed by atoms with E-state index in [0.29, 0.717) is 28.9 Å². The molecule has 2 atom stereocenters. The zero-order valence-electron chi connectivity index (χ0n) is 11.4. The van der Waals surface area contributed by atoms with Gasteiger partial charge in [0.2, 0.25) is 0 Å². The largest absolute Gasteiger partial charge is 0.397 e. The summed E-state index contributed by atoms with van der Waals surface area (Å²) in [6.45, 7) is 3.12. The van der Waals surface area contributed by atoms with Crippen LogP contribution in [-0.4, -0.2) is 17.4 Å². The second-order valence-electron chi connectivity index (χ2n) is 5.43. The van der Waals surface area contributed by atoms with Gasteiger partial charge in [-0.3, -0.25) is 4.79 Å². The lowest BCUT2D eigenvalue weighted by atomic mass is 9.80. The molecule has 0 spiro atoms. The van der Waals surface area contributed by atoms with E-state index in [-0.39, 0.29) is 0 Å². The summed E-state index contributed by atoms with van der Waals surface area (Å²) in [5, 5.41) is 3.25. The molecule has 1 aromatic rings. The molecule has 0 aliphatic heterocycles. The van der Waals surface area contributed by atoms with Crippen LogP contribution in [0.2, 0.25) is 0 Å². The zero-order chi connectivity index (χ0) is 13.8. The standard InChI is InChI=1S/C14H22N4O/c1-9-4-2-3-5-10(9)7-17-14-12(13(16)19)6-11(15)8-18-14/h6,8-10H,2-5,7,15H2,1H3,(H2,16,19)(H,17,18). The number of carbonyl (C=O) groups is 1. The van der Waals surface area contributed by atoms with Crippen LogP contribution in [0.4, 0.5) is 11.5 Å². The summed E-state index contributed by atoms with van der Waals surface area (Å²) in [4.78, 5) is 15.5. The molecule has 0 saturated heterocycles. The molecule has 5 N–H and O–H groups in total. The van der Waals surface area contributed by atoms with E-state index in [4.69, 9.17) is 11.5 Å². The van der Waals surface area contributed by atoms with Crippen LogP contribution >= 0.6 is 0 Å². The lowest BCUT2D eigenvalue weighted by molar-refractivity contribution is 0.100. The number of carbonyl (C=O) groups excluding carboxylic acids is 1. The number of nitrogens with zero attached hydrogens (tertiary/aromatic N) is 1. The van der Waals surface area contributed by atoms with Crippen LogP contribution in [0.5, 0.6) is 0 Å². The van der Waals surface area contributed by atoms with E-state index in [1.165, 1.54) is 25.7 Å². The predicted octanol–water partition coefficient (Wildman–Crippen LogP) is 2.00. The first-order valence-corrected chi connectivity index (χ1v) is 6.87. The van der Waals surface area contributed by atoms with Crippen LogP contribution in [-0.2, 0) is 0 Å². The average Bonchev–Trinajstić information content (AvgIpc) is 2.38. The molecule has 0 bridgehead atoms. The third-order valence-corrected chi connectivity index (χ3v) is 4.00. The van der Waals surface area contributed by atoms with Crippen LogP contribution in [0.3, 0.4) is 0 Å². The number of amides is 1. The van der Waals surface area contributed by atoms with Gasteiger partial charge in [-0.25, -0.2) is 4.98 Å². The summed E-state index contributed by atoms with van der Waals surface area (Å²) in [7, 11) is 0. The van der Waals surface area contributed by atoms with Crippen molar-refractivity contribution in [2.24, 2.45) is 17.6 Å².